The Labute approximate surface area is 93.5 Å². The molecular formula is C11H14N4O. The maximum Gasteiger partial charge on any atom is 0.174 e. The molecule has 0 saturated heterocycles. The number of hydrogen-bond acceptors (Lipinski definition) is 4. The Morgan fingerprint density at radius 2 is 2.12 bits per heavy atom. The fourth-order valence-corrected chi connectivity index (χ4v) is 1.60. The lowest BCUT2D eigenvalue weighted by molar-refractivity contribution is 0.475. The third-order valence-electron chi connectivity index (χ3n) is 2.33. The lowest BCUT2D eigenvalue weighted by Gasteiger charge is -2.10. The van der Waals surface area contributed by atoms with E-state index in [1.807, 2.05) is 19.9 Å². The van der Waals surface area contributed by atoms with Crippen molar-refractivity contribution < 1.29 is 5.11 Å². The normalized spacial score (nSPS) is 10.9. The zero-order valence-electron chi connectivity index (χ0n) is 9.25. The van der Waals surface area contributed by atoms with Crippen molar-refractivity contribution in [2.24, 2.45) is 0 Å². The number of rotatable bonds is 2. The highest BCUT2D eigenvalue weighted by Gasteiger charge is 2.14. The number of aromatic nitrogens is 3. The molecule has 0 amide bonds. The summed E-state index contributed by atoms with van der Waals surface area (Å²) in [5.41, 5.74) is 7.34. The topological polar surface area (TPSA) is 77.0 Å². The first kappa shape index (κ1) is 10.5. The molecule has 0 aliphatic rings. The number of hydrogen-bond donors (Lipinski definition) is 2. The molecule has 1 aromatic heterocycles. The molecule has 2 rings (SSSR count). The van der Waals surface area contributed by atoms with Crippen LogP contribution in [-0.2, 0) is 0 Å². The zero-order chi connectivity index (χ0) is 11.7. The van der Waals surface area contributed by atoms with Crippen LogP contribution in [0.3, 0.4) is 0 Å². The lowest BCUT2D eigenvalue weighted by Crippen LogP contribution is -2.05. The van der Waals surface area contributed by atoms with Crippen molar-refractivity contribution in [3.8, 4) is 17.0 Å². The van der Waals surface area contributed by atoms with Gasteiger partial charge in [-0.3, -0.25) is 0 Å². The summed E-state index contributed by atoms with van der Waals surface area (Å²) in [7, 11) is 0. The predicted octanol–water partition coefficient (Wildman–Crippen LogP) is 1.81. The molecule has 5 heteroatoms. The van der Waals surface area contributed by atoms with E-state index in [0.29, 0.717) is 5.82 Å². The first-order valence-corrected chi connectivity index (χ1v) is 5.09. The Balaban J connectivity index is 2.59. The highest BCUT2D eigenvalue weighted by atomic mass is 16.3. The Morgan fingerprint density at radius 1 is 1.38 bits per heavy atom. The fourth-order valence-electron chi connectivity index (χ4n) is 1.60. The molecule has 16 heavy (non-hydrogen) atoms. The van der Waals surface area contributed by atoms with Crippen LogP contribution in [0.4, 0.5) is 5.82 Å². The number of nitrogens with zero attached hydrogens (tertiary/aromatic N) is 3. The van der Waals surface area contributed by atoms with Gasteiger partial charge in [0.25, 0.3) is 0 Å². The second-order valence-electron chi connectivity index (χ2n) is 3.91. The predicted molar refractivity (Wildman–Crippen MR) is 61.9 cm³/mol. The van der Waals surface area contributed by atoms with E-state index in [0.717, 1.165) is 11.3 Å². The number of aromatic hydroxyl groups is 1. The molecule has 0 saturated carbocycles. The van der Waals surface area contributed by atoms with Gasteiger partial charge in [0.2, 0.25) is 0 Å². The summed E-state index contributed by atoms with van der Waals surface area (Å²) >= 11 is 0. The minimum absolute atomic E-state index is 0.169. The van der Waals surface area contributed by atoms with Crippen LogP contribution < -0.4 is 5.73 Å². The Bertz CT molecular complexity index is 504. The number of anilines is 1. The van der Waals surface area contributed by atoms with Gasteiger partial charge in [0, 0.05) is 11.6 Å². The van der Waals surface area contributed by atoms with Gasteiger partial charge in [0.1, 0.15) is 11.4 Å². The number of nitrogens with two attached hydrogens (primary N) is 1. The quantitative estimate of drug-likeness (QED) is 0.806. The molecule has 0 fully saturated rings. The molecular weight excluding hydrogens is 204 g/mol. The number of phenols is 1. The van der Waals surface area contributed by atoms with E-state index in [1.165, 1.54) is 0 Å². The average Bonchev–Trinajstić information content (AvgIpc) is 2.60. The van der Waals surface area contributed by atoms with Gasteiger partial charge in [0.05, 0.1) is 0 Å². The molecule has 0 unspecified atom stereocenters. The Kier molecular flexibility index (Phi) is 2.52. The van der Waals surface area contributed by atoms with Crippen molar-refractivity contribution in [1.29, 1.82) is 0 Å². The Hall–Kier alpha value is -2.04. The van der Waals surface area contributed by atoms with E-state index in [2.05, 4.69) is 10.3 Å². The molecule has 84 valence electrons. The fraction of sp³-hybridized carbons (Fsp3) is 0.273. The molecule has 0 radical (unpaired) electrons. The molecule has 0 atom stereocenters. The van der Waals surface area contributed by atoms with Gasteiger partial charge in [-0.15, -0.1) is 5.10 Å². The smallest absolute Gasteiger partial charge is 0.174 e. The lowest BCUT2D eigenvalue weighted by atomic mass is 10.1. The monoisotopic (exact) mass is 218 g/mol. The molecule has 0 spiro atoms. The first-order chi connectivity index (χ1) is 7.59. The second kappa shape index (κ2) is 3.84. The van der Waals surface area contributed by atoms with E-state index >= 15 is 0 Å². The van der Waals surface area contributed by atoms with E-state index in [1.54, 1.807) is 22.9 Å². The van der Waals surface area contributed by atoms with Gasteiger partial charge in [-0.1, -0.05) is 17.3 Å². The van der Waals surface area contributed by atoms with Crippen molar-refractivity contribution in [2.45, 2.75) is 19.9 Å². The zero-order valence-corrected chi connectivity index (χ0v) is 9.25. The highest BCUT2D eigenvalue weighted by molar-refractivity contribution is 5.70. The molecule has 0 aliphatic carbocycles. The summed E-state index contributed by atoms with van der Waals surface area (Å²) in [6.07, 6.45) is 0. The molecule has 2 aromatic rings. The Morgan fingerprint density at radius 3 is 2.75 bits per heavy atom. The van der Waals surface area contributed by atoms with Gasteiger partial charge in [-0.2, -0.15) is 0 Å². The minimum Gasteiger partial charge on any atom is -0.508 e. The average molecular weight is 218 g/mol. The molecule has 0 aliphatic heterocycles. The summed E-state index contributed by atoms with van der Waals surface area (Å²) in [5, 5.41) is 17.3. The number of nitrogen functional groups attached to an aromatic ring is 1. The number of phenolic OH excluding ortho intramolecular Hbond substituents is 1. The van der Waals surface area contributed by atoms with E-state index in [-0.39, 0.29) is 11.8 Å². The summed E-state index contributed by atoms with van der Waals surface area (Å²) in [4.78, 5) is 0. The molecule has 1 heterocycles. The van der Waals surface area contributed by atoms with Gasteiger partial charge < -0.3 is 10.8 Å². The minimum atomic E-state index is 0.169. The third kappa shape index (κ3) is 1.71. The van der Waals surface area contributed by atoms with Gasteiger partial charge in [-0.05, 0) is 26.0 Å². The van der Waals surface area contributed by atoms with Crippen LogP contribution in [0.2, 0.25) is 0 Å². The van der Waals surface area contributed by atoms with Crippen LogP contribution in [0.1, 0.15) is 19.9 Å². The molecule has 3 N–H and O–H groups in total. The van der Waals surface area contributed by atoms with Gasteiger partial charge in [0.15, 0.2) is 5.82 Å². The summed E-state index contributed by atoms with van der Waals surface area (Å²) < 4.78 is 1.74. The van der Waals surface area contributed by atoms with Crippen molar-refractivity contribution in [3.05, 3.63) is 24.3 Å². The largest absolute Gasteiger partial charge is 0.508 e. The van der Waals surface area contributed by atoms with Crippen molar-refractivity contribution >= 4 is 5.82 Å². The van der Waals surface area contributed by atoms with Crippen LogP contribution in [0.5, 0.6) is 5.75 Å². The van der Waals surface area contributed by atoms with Gasteiger partial charge >= 0.3 is 0 Å². The van der Waals surface area contributed by atoms with Crippen LogP contribution in [0.25, 0.3) is 11.3 Å². The summed E-state index contributed by atoms with van der Waals surface area (Å²) in [6, 6.07) is 7.06. The second-order valence-corrected chi connectivity index (χ2v) is 3.91. The van der Waals surface area contributed by atoms with E-state index in [4.69, 9.17) is 5.73 Å². The van der Waals surface area contributed by atoms with Crippen molar-refractivity contribution in [1.82, 2.24) is 15.0 Å². The standard InChI is InChI=1S/C11H14N4O/c1-7(2)15-10(11(12)13-14-15)8-4-3-5-9(16)6-8/h3-7,16H,12H2,1-2H3. The van der Waals surface area contributed by atoms with Crippen LogP contribution in [-0.4, -0.2) is 20.1 Å². The maximum absolute atomic E-state index is 9.44. The maximum atomic E-state index is 9.44. The van der Waals surface area contributed by atoms with Crippen molar-refractivity contribution in [3.63, 3.8) is 0 Å². The van der Waals surface area contributed by atoms with E-state index < -0.39 is 0 Å². The molecule has 5 nitrogen and oxygen atoms in total. The van der Waals surface area contributed by atoms with E-state index in [9.17, 15) is 5.11 Å². The van der Waals surface area contributed by atoms with Crippen LogP contribution in [0.15, 0.2) is 24.3 Å². The van der Waals surface area contributed by atoms with Crippen LogP contribution >= 0.6 is 0 Å². The summed E-state index contributed by atoms with van der Waals surface area (Å²) in [6.45, 7) is 4.00. The third-order valence-corrected chi connectivity index (χ3v) is 2.33. The number of benzene rings is 1. The molecule has 1 aromatic carbocycles. The highest BCUT2D eigenvalue weighted by Crippen LogP contribution is 2.28. The SMILES string of the molecule is CC(C)n1nnc(N)c1-c1cccc(O)c1. The van der Waals surface area contributed by atoms with Crippen molar-refractivity contribution in [2.75, 3.05) is 5.73 Å². The van der Waals surface area contributed by atoms with Crippen LogP contribution in [0, 0.1) is 0 Å². The van der Waals surface area contributed by atoms with Gasteiger partial charge in [-0.25, -0.2) is 4.68 Å². The first-order valence-electron chi connectivity index (χ1n) is 5.09. The molecule has 0 bridgehead atoms. The summed E-state index contributed by atoms with van der Waals surface area (Å²) in [5.74, 6) is 0.577.